The maximum atomic E-state index is 11.9. The number of halogens is 1. The van der Waals surface area contributed by atoms with Gasteiger partial charge in [-0.15, -0.1) is 0 Å². The molecular weight excluding hydrogens is 236 g/mol. The number of benzene rings is 1. The normalized spacial score (nSPS) is 17.5. The molecule has 0 aromatic heterocycles. The van der Waals surface area contributed by atoms with Crippen LogP contribution in [0.25, 0.3) is 0 Å². The minimum Gasteiger partial charge on any atom is -0.459 e. The molecule has 0 spiro atoms. The van der Waals surface area contributed by atoms with Crippen LogP contribution in [-0.4, -0.2) is 12.1 Å². The van der Waals surface area contributed by atoms with Crippen LogP contribution >= 0.6 is 11.6 Å². The highest BCUT2D eigenvalue weighted by molar-refractivity contribution is 6.30. The Morgan fingerprint density at radius 2 is 1.65 bits per heavy atom. The summed E-state index contributed by atoms with van der Waals surface area (Å²) < 4.78 is 5.52. The van der Waals surface area contributed by atoms with Crippen LogP contribution in [-0.2, 0) is 4.74 Å². The third kappa shape index (κ3) is 3.74. The van der Waals surface area contributed by atoms with E-state index in [0.717, 1.165) is 12.8 Å². The van der Waals surface area contributed by atoms with Gasteiger partial charge in [0.15, 0.2) is 0 Å². The van der Waals surface area contributed by atoms with E-state index in [-0.39, 0.29) is 12.1 Å². The van der Waals surface area contributed by atoms with Gasteiger partial charge in [-0.3, -0.25) is 0 Å². The van der Waals surface area contributed by atoms with Crippen molar-refractivity contribution in [2.24, 2.45) is 0 Å². The van der Waals surface area contributed by atoms with E-state index in [1.807, 2.05) is 0 Å². The van der Waals surface area contributed by atoms with E-state index in [1.54, 1.807) is 24.3 Å². The fourth-order valence-electron chi connectivity index (χ4n) is 2.17. The molecular formula is C14H17ClO2. The maximum Gasteiger partial charge on any atom is 0.338 e. The van der Waals surface area contributed by atoms with Gasteiger partial charge in [-0.05, 0) is 49.9 Å². The first-order valence-electron chi connectivity index (χ1n) is 6.22. The molecule has 92 valence electrons. The Morgan fingerprint density at radius 3 is 2.24 bits per heavy atom. The Kier molecular flexibility index (Phi) is 4.43. The van der Waals surface area contributed by atoms with E-state index in [9.17, 15) is 4.79 Å². The van der Waals surface area contributed by atoms with Crippen molar-refractivity contribution in [1.29, 1.82) is 0 Å². The first-order valence-corrected chi connectivity index (χ1v) is 6.60. The largest absolute Gasteiger partial charge is 0.459 e. The van der Waals surface area contributed by atoms with E-state index in [0.29, 0.717) is 10.6 Å². The maximum absolute atomic E-state index is 11.9. The number of esters is 1. The van der Waals surface area contributed by atoms with Crippen molar-refractivity contribution in [2.75, 3.05) is 0 Å². The summed E-state index contributed by atoms with van der Waals surface area (Å²) in [5.41, 5.74) is 0.582. The summed E-state index contributed by atoms with van der Waals surface area (Å²) in [4.78, 5) is 11.9. The second-order valence-electron chi connectivity index (χ2n) is 4.53. The van der Waals surface area contributed by atoms with Gasteiger partial charge in [-0.2, -0.15) is 0 Å². The number of hydrogen-bond donors (Lipinski definition) is 0. The quantitative estimate of drug-likeness (QED) is 0.582. The highest BCUT2D eigenvalue weighted by atomic mass is 35.5. The third-order valence-electron chi connectivity index (χ3n) is 3.16. The summed E-state index contributed by atoms with van der Waals surface area (Å²) in [7, 11) is 0. The van der Waals surface area contributed by atoms with Crippen molar-refractivity contribution >= 4 is 17.6 Å². The molecule has 0 amide bonds. The zero-order chi connectivity index (χ0) is 12.1. The van der Waals surface area contributed by atoms with E-state index < -0.39 is 0 Å². The topological polar surface area (TPSA) is 26.3 Å². The molecule has 1 fully saturated rings. The lowest BCUT2D eigenvalue weighted by molar-refractivity contribution is 0.0267. The zero-order valence-electron chi connectivity index (χ0n) is 9.82. The number of rotatable bonds is 2. The van der Waals surface area contributed by atoms with Crippen LogP contribution in [0.5, 0.6) is 0 Å². The Labute approximate surface area is 107 Å². The van der Waals surface area contributed by atoms with Crippen LogP contribution in [0.15, 0.2) is 24.3 Å². The molecule has 1 aliphatic rings. The van der Waals surface area contributed by atoms with E-state index in [4.69, 9.17) is 16.3 Å². The predicted molar refractivity (Wildman–Crippen MR) is 68.4 cm³/mol. The SMILES string of the molecule is O=C(OC1CCCCCC1)c1ccc(Cl)cc1. The summed E-state index contributed by atoms with van der Waals surface area (Å²) in [6, 6.07) is 6.85. The van der Waals surface area contributed by atoms with Crippen LogP contribution < -0.4 is 0 Å². The zero-order valence-corrected chi connectivity index (χ0v) is 10.6. The van der Waals surface area contributed by atoms with Crippen molar-refractivity contribution in [2.45, 2.75) is 44.6 Å². The number of carbonyl (C=O) groups is 1. The van der Waals surface area contributed by atoms with Gasteiger partial charge in [-0.25, -0.2) is 4.79 Å². The lowest BCUT2D eigenvalue weighted by Gasteiger charge is -2.15. The summed E-state index contributed by atoms with van der Waals surface area (Å²) in [6.07, 6.45) is 6.94. The fourth-order valence-corrected chi connectivity index (χ4v) is 2.29. The average molecular weight is 253 g/mol. The number of carbonyl (C=O) groups excluding carboxylic acids is 1. The van der Waals surface area contributed by atoms with Gasteiger partial charge in [0.25, 0.3) is 0 Å². The van der Waals surface area contributed by atoms with Crippen molar-refractivity contribution < 1.29 is 9.53 Å². The molecule has 0 N–H and O–H groups in total. The van der Waals surface area contributed by atoms with Gasteiger partial charge >= 0.3 is 5.97 Å². The van der Waals surface area contributed by atoms with E-state index >= 15 is 0 Å². The lowest BCUT2D eigenvalue weighted by atomic mass is 10.1. The molecule has 2 rings (SSSR count). The molecule has 1 saturated carbocycles. The molecule has 1 aromatic rings. The van der Waals surface area contributed by atoms with Crippen LogP contribution in [0.3, 0.4) is 0 Å². The van der Waals surface area contributed by atoms with Crippen LogP contribution in [0.2, 0.25) is 5.02 Å². The molecule has 1 aromatic carbocycles. The van der Waals surface area contributed by atoms with Gasteiger partial charge in [0.05, 0.1) is 5.56 Å². The van der Waals surface area contributed by atoms with Crippen LogP contribution in [0.4, 0.5) is 0 Å². The fraction of sp³-hybridized carbons (Fsp3) is 0.500. The average Bonchev–Trinajstić information content (AvgIpc) is 2.58. The molecule has 0 heterocycles. The van der Waals surface area contributed by atoms with Crippen LogP contribution in [0.1, 0.15) is 48.9 Å². The molecule has 2 nitrogen and oxygen atoms in total. The van der Waals surface area contributed by atoms with Gasteiger partial charge in [0.1, 0.15) is 6.10 Å². The first kappa shape index (κ1) is 12.4. The first-order chi connectivity index (χ1) is 8.25. The monoisotopic (exact) mass is 252 g/mol. The third-order valence-corrected chi connectivity index (χ3v) is 3.41. The smallest absolute Gasteiger partial charge is 0.338 e. The second kappa shape index (κ2) is 6.06. The number of ether oxygens (including phenoxy) is 1. The molecule has 0 aliphatic heterocycles. The van der Waals surface area contributed by atoms with Crippen molar-refractivity contribution in [3.63, 3.8) is 0 Å². The molecule has 17 heavy (non-hydrogen) atoms. The minimum atomic E-state index is -0.228. The predicted octanol–water partition coefficient (Wildman–Crippen LogP) is 4.22. The minimum absolute atomic E-state index is 0.0979. The summed E-state index contributed by atoms with van der Waals surface area (Å²) in [5, 5.41) is 0.635. The van der Waals surface area contributed by atoms with E-state index in [2.05, 4.69) is 0 Å². The highest BCUT2D eigenvalue weighted by Crippen LogP contribution is 2.21. The van der Waals surface area contributed by atoms with Gasteiger partial charge in [0.2, 0.25) is 0 Å². The molecule has 0 saturated heterocycles. The van der Waals surface area contributed by atoms with E-state index in [1.165, 1.54) is 25.7 Å². The number of hydrogen-bond acceptors (Lipinski definition) is 2. The van der Waals surface area contributed by atoms with Crippen LogP contribution in [0, 0.1) is 0 Å². The molecule has 0 atom stereocenters. The van der Waals surface area contributed by atoms with Gasteiger partial charge in [0, 0.05) is 5.02 Å². The Morgan fingerprint density at radius 1 is 1.06 bits per heavy atom. The lowest BCUT2D eigenvalue weighted by Crippen LogP contribution is -2.17. The van der Waals surface area contributed by atoms with Crippen molar-refractivity contribution in [3.05, 3.63) is 34.9 Å². The summed E-state index contributed by atoms with van der Waals surface area (Å²) >= 11 is 5.78. The molecule has 1 aliphatic carbocycles. The van der Waals surface area contributed by atoms with Crippen molar-refractivity contribution in [1.82, 2.24) is 0 Å². The molecule has 0 bridgehead atoms. The Balaban J connectivity index is 1.93. The summed E-state index contributed by atoms with van der Waals surface area (Å²) in [5.74, 6) is -0.228. The standard InChI is InChI=1S/C14H17ClO2/c15-12-9-7-11(8-10-12)14(16)17-13-5-3-1-2-4-6-13/h7-10,13H,1-6H2. The van der Waals surface area contributed by atoms with Crippen molar-refractivity contribution in [3.8, 4) is 0 Å². The molecule has 0 unspecified atom stereocenters. The van der Waals surface area contributed by atoms with Gasteiger partial charge in [-0.1, -0.05) is 24.4 Å². The summed E-state index contributed by atoms with van der Waals surface area (Å²) in [6.45, 7) is 0. The molecule has 0 radical (unpaired) electrons. The Bertz CT molecular complexity index is 364. The highest BCUT2D eigenvalue weighted by Gasteiger charge is 2.17. The second-order valence-corrected chi connectivity index (χ2v) is 4.96. The van der Waals surface area contributed by atoms with Gasteiger partial charge < -0.3 is 4.74 Å². The Hall–Kier alpha value is -1.02. The molecule has 3 heteroatoms.